The number of para-hydroxylation sites is 1. The molecule has 1 amide bonds. The fourth-order valence-electron chi connectivity index (χ4n) is 3.09. The van der Waals surface area contributed by atoms with Crippen LogP contribution in [0, 0.1) is 0 Å². The first kappa shape index (κ1) is 19.3. The molecule has 7 nitrogen and oxygen atoms in total. The van der Waals surface area contributed by atoms with E-state index in [9.17, 15) is 19.5 Å². The van der Waals surface area contributed by atoms with Gasteiger partial charge in [-0.25, -0.2) is 9.48 Å². The van der Waals surface area contributed by atoms with Crippen molar-refractivity contribution in [3.63, 3.8) is 0 Å². The fourth-order valence-corrected chi connectivity index (χ4v) is 3.09. The molecule has 0 bridgehead atoms. The van der Waals surface area contributed by atoms with Crippen LogP contribution in [0.25, 0.3) is 10.8 Å². The number of carboxylic acids is 1. The van der Waals surface area contributed by atoms with E-state index in [4.69, 9.17) is 0 Å². The van der Waals surface area contributed by atoms with Gasteiger partial charge >= 0.3 is 5.97 Å². The lowest BCUT2D eigenvalue weighted by atomic mass is 9.97. The van der Waals surface area contributed by atoms with Crippen molar-refractivity contribution in [3.8, 4) is 0 Å². The van der Waals surface area contributed by atoms with Crippen molar-refractivity contribution in [3.05, 3.63) is 70.1 Å². The van der Waals surface area contributed by atoms with Crippen molar-refractivity contribution < 1.29 is 14.7 Å². The maximum absolute atomic E-state index is 12.6. The Balaban J connectivity index is 1.94. The van der Waals surface area contributed by atoms with Crippen molar-refractivity contribution in [1.29, 1.82) is 0 Å². The van der Waals surface area contributed by atoms with Gasteiger partial charge in [-0.3, -0.25) is 9.59 Å². The van der Waals surface area contributed by atoms with Crippen molar-refractivity contribution in [2.24, 2.45) is 0 Å². The van der Waals surface area contributed by atoms with Gasteiger partial charge < -0.3 is 10.4 Å². The number of aromatic nitrogens is 2. The Morgan fingerprint density at radius 2 is 1.75 bits per heavy atom. The van der Waals surface area contributed by atoms with E-state index in [2.05, 4.69) is 24.3 Å². The summed E-state index contributed by atoms with van der Waals surface area (Å²) in [5.74, 6) is -1.44. The molecule has 0 aliphatic carbocycles. The standard InChI is InChI=1S/C21H21N3O4/c1-3-13(2)14-8-6-7-11-17(14)22-18(25)12-24-20(26)16-10-5-4-9-15(16)19(23-24)21(27)28/h4-11,13H,3,12H2,1-2H3,(H,22,25)(H,27,28). The van der Waals surface area contributed by atoms with Crippen LogP contribution in [0.4, 0.5) is 5.69 Å². The molecule has 1 aromatic heterocycles. The third-order valence-corrected chi connectivity index (χ3v) is 4.74. The number of nitrogens with one attached hydrogen (secondary N) is 1. The normalized spacial score (nSPS) is 11.9. The topological polar surface area (TPSA) is 101 Å². The Kier molecular flexibility index (Phi) is 5.54. The zero-order chi connectivity index (χ0) is 20.3. The van der Waals surface area contributed by atoms with Gasteiger partial charge in [0, 0.05) is 11.1 Å². The molecule has 7 heteroatoms. The number of carboxylic acid groups (broad SMARTS) is 1. The second kappa shape index (κ2) is 8.04. The summed E-state index contributed by atoms with van der Waals surface area (Å²) in [5.41, 5.74) is 0.909. The molecule has 1 unspecified atom stereocenters. The Morgan fingerprint density at radius 3 is 2.43 bits per heavy atom. The molecule has 0 saturated carbocycles. The van der Waals surface area contributed by atoms with E-state index in [1.54, 1.807) is 18.2 Å². The molecule has 0 aliphatic rings. The van der Waals surface area contributed by atoms with E-state index >= 15 is 0 Å². The molecule has 2 aromatic carbocycles. The number of nitrogens with zero attached hydrogens (tertiary/aromatic N) is 2. The van der Waals surface area contributed by atoms with Crippen LogP contribution < -0.4 is 10.9 Å². The largest absolute Gasteiger partial charge is 0.476 e. The molecule has 0 saturated heterocycles. The Labute approximate surface area is 161 Å². The molecule has 28 heavy (non-hydrogen) atoms. The minimum Gasteiger partial charge on any atom is -0.476 e. The molecule has 1 atom stereocenters. The number of fused-ring (bicyclic) bond motifs is 1. The number of aromatic carboxylic acids is 1. The van der Waals surface area contributed by atoms with E-state index in [1.807, 2.05) is 18.2 Å². The number of anilines is 1. The summed E-state index contributed by atoms with van der Waals surface area (Å²) in [4.78, 5) is 36.7. The quantitative estimate of drug-likeness (QED) is 0.685. The van der Waals surface area contributed by atoms with Crippen LogP contribution in [0.2, 0.25) is 0 Å². The molecule has 2 N–H and O–H groups in total. The number of benzene rings is 2. The van der Waals surface area contributed by atoms with E-state index in [0.717, 1.165) is 16.7 Å². The maximum atomic E-state index is 12.6. The van der Waals surface area contributed by atoms with Gasteiger partial charge in [0.1, 0.15) is 6.54 Å². The summed E-state index contributed by atoms with van der Waals surface area (Å²) in [7, 11) is 0. The molecule has 3 rings (SSSR count). The van der Waals surface area contributed by atoms with Crippen LogP contribution in [0.1, 0.15) is 42.2 Å². The van der Waals surface area contributed by atoms with Crippen LogP contribution >= 0.6 is 0 Å². The predicted molar refractivity (Wildman–Crippen MR) is 107 cm³/mol. The molecule has 0 radical (unpaired) electrons. The van der Waals surface area contributed by atoms with Crippen molar-refractivity contribution in [2.75, 3.05) is 5.32 Å². The van der Waals surface area contributed by atoms with Crippen LogP contribution in [-0.2, 0) is 11.3 Å². The van der Waals surface area contributed by atoms with Gasteiger partial charge in [0.15, 0.2) is 5.69 Å². The highest BCUT2D eigenvalue weighted by molar-refractivity contribution is 6.01. The van der Waals surface area contributed by atoms with Gasteiger partial charge in [-0.2, -0.15) is 5.10 Å². The lowest BCUT2D eigenvalue weighted by Gasteiger charge is -2.16. The van der Waals surface area contributed by atoms with Crippen LogP contribution in [0.15, 0.2) is 53.3 Å². The molecule has 144 valence electrons. The first-order chi connectivity index (χ1) is 13.4. The maximum Gasteiger partial charge on any atom is 0.357 e. The van der Waals surface area contributed by atoms with Crippen LogP contribution in [0.5, 0.6) is 0 Å². The van der Waals surface area contributed by atoms with E-state index in [0.29, 0.717) is 5.69 Å². The SMILES string of the molecule is CCC(C)c1ccccc1NC(=O)Cn1nc(C(=O)O)c2ccccc2c1=O. The van der Waals surface area contributed by atoms with E-state index < -0.39 is 17.4 Å². The number of rotatable bonds is 6. The zero-order valence-corrected chi connectivity index (χ0v) is 15.7. The first-order valence-electron chi connectivity index (χ1n) is 9.04. The van der Waals surface area contributed by atoms with Gasteiger partial charge in [0.25, 0.3) is 5.56 Å². The Morgan fingerprint density at radius 1 is 1.11 bits per heavy atom. The average Bonchev–Trinajstić information content (AvgIpc) is 2.69. The Bertz CT molecular complexity index is 1100. The van der Waals surface area contributed by atoms with Crippen LogP contribution in [0.3, 0.4) is 0 Å². The van der Waals surface area contributed by atoms with E-state index in [1.165, 1.54) is 12.1 Å². The summed E-state index contributed by atoms with van der Waals surface area (Å²) in [6.45, 7) is 3.76. The van der Waals surface area contributed by atoms with Gasteiger partial charge in [-0.05, 0) is 30.0 Å². The number of amides is 1. The monoisotopic (exact) mass is 379 g/mol. The summed E-state index contributed by atoms with van der Waals surface area (Å²) >= 11 is 0. The van der Waals surface area contributed by atoms with Crippen molar-refractivity contribution >= 4 is 28.3 Å². The van der Waals surface area contributed by atoms with Crippen LogP contribution in [-0.4, -0.2) is 26.8 Å². The van der Waals surface area contributed by atoms with Gasteiger partial charge in [-0.1, -0.05) is 50.2 Å². The molecule has 0 fully saturated rings. The Hall–Kier alpha value is -3.48. The lowest BCUT2D eigenvalue weighted by molar-refractivity contribution is -0.117. The third-order valence-electron chi connectivity index (χ3n) is 4.74. The number of carbonyl (C=O) groups is 2. The highest BCUT2D eigenvalue weighted by Gasteiger charge is 2.18. The molecular formula is C21H21N3O4. The highest BCUT2D eigenvalue weighted by Crippen LogP contribution is 2.26. The van der Waals surface area contributed by atoms with Gasteiger partial charge in [0.05, 0.1) is 5.39 Å². The second-order valence-corrected chi connectivity index (χ2v) is 6.61. The van der Waals surface area contributed by atoms with Gasteiger partial charge in [-0.15, -0.1) is 0 Å². The average molecular weight is 379 g/mol. The smallest absolute Gasteiger partial charge is 0.357 e. The molecule has 0 aliphatic heterocycles. The summed E-state index contributed by atoms with van der Waals surface area (Å²) in [5, 5.41) is 16.6. The molecule has 1 heterocycles. The zero-order valence-electron chi connectivity index (χ0n) is 15.7. The van der Waals surface area contributed by atoms with Crippen molar-refractivity contribution in [2.45, 2.75) is 32.7 Å². The molecule has 3 aromatic rings. The summed E-state index contributed by atoms with van der Waals surface area (Å²) < 4.78 is 0.896. The first-order valence-corrected chi connectivity index (χ1v) is 9.04. The highest BCUT2D eigenvalue weighted by atomic mass is 16.4. The number of hydrogen-bond acceptors (Lipinski definition) is 4. The van der Waals surface area contributed by atoms with Gasteiger partial charge in [0.2, 0.25) is 5.91 Å². The summed E-state index contributed by atoms with van der Waals surface area (Å²) in [6, 6.07) is 13.8. The van der Waals surface area contributed by atoms with E-state index in [-0.39, 0.29) is 28.9 Å². The number of hydrogen-bond donors (Lipinski definition) is 2. The number of carbonyl (C=O) groups excluding carboxylic acids is 1. The minimum atomic E-state index is -1.26. The third kappa shape index (κ3) is 3.78. The minimum absolute atomic E-state index is 0.211. The molecular weight excluding hydrogens is 358 g/mol. The second-order valence-electron chi connectivity index (χ2n) is 6.61. The molecule has 0 spiro atoms. The van der Waals surface area contributed by atoms with Crippen molar-refractivity contribution in [1.82, 2.24) is 9.78 Å². The predicted octanol–water partition coefficient (Wildman–Crippen LogP) is 3.25. The summed E-state index contributed by atoms with van der Waals surface area (Å²) in [6.07, 6.45) is 0.917. The lowest BCUT2D eigenvalue weighted by Crippen LogP contribution is -2.31. The fraction of sp³-hybridized carbons (Fsp3) is 0.238.